The molecule has 0 fully saturated rings. The van der Waals surface area contributed by atoms with Gasteiger partial charge in [0.15, 0.2) is 0 Å². The van der Waals surface area contributed by atoms with E-state index in [1.165, 1.54) is 0 Å². The van der Waals surface area contributed by atoms with Crippen molar-refractivity contribution in [2.24, 2.45) is 0 Å². The Morgan fingerprint density at radius 1 is 1.00 bits per heavy atom. The molecule has 5 heteroatoms. The van der Waals surface area contributed by atoms with Crippen molar-refractivity contribution in [2.75, 3.05) is 5.73 Å². The Labute approximate surface area is 130 Å². The summed E-state index contributed by atoms with van der Waals surface area (Å²) in [5.74, 6) is 0.595. The van der Waals surface area contributed by atoms with Gasteiger partial charge in [0.05, 0.1) is 11.4 Å². The van der Waals surface area contributed by atoms with E-state index < -0.39 is 0 Å². The van der Waals surface area contributed by atoms with Gasteiger partial charge in [0, 0.05) is 21.1 Å². The van der Waals surface area contributed by atoms with Gasteiger partial charge in [-0.3, -0.25) is 0 Å². The Hall–Kier alpha value is -1.78. The Morgan fingerprint density at radius 3 is 2.30 bits per heavy atom. The number of hydrogen-bond acceptors (Lipinski definition) is 2. The minimum absolute atomic E-state index is 0.595. The molecule has 0 amide bonds. The average molecular weight is 349 g/mol. The molecule has 2 N–H and O–H groups in total. The summed E-state index contributed by atoms with van der Waals surface area (Å²) in [6, 6.07) is 17.2. The normalized spacial score (nSPS) is 10.7. The zero-order chi connectivity index (χ0) is 14.1. The fourth-order valence-electron chi connectivity index (χ4n) is 1.95. The van der Waals surface area contributed by atoms with Gasteiger partial charge in [-0.15, -0.1) is 0 Å². The van der Waals surface area contributed by atoms with Crippen LogP contribution in [0.1, 0.15) is 0 Å². The van der Waals surface area contributed by atoms with E-state index >= 15 is 0 Å². The molecule has 0 bridgehead atoms. The van der Waals surface area contributed by atoms with E-state index in [-0.39, 0.29) is 0 Å². The summed E-state index contributed by atoms with van der Waals surface area (Å²) < 4.78 is 2.74. The van der Waals surface area contributed by atoms with Crippen LogP contribution in [0.5, 0.6) is 0 Å². The molecule has 0 aliphatic heterocycles. The van der Waals surface area contributed by atoms with Crippen LogP contribution >= 0.6 is 27.5 Å². The second kappa shape index (κ2) is 5.31. The van der Waals surface area contributed by atoms with E-state index in [9.17, 15) is 0 Å². The molecule has 3 aromatic rings. The van der Waals surface area contributed by atoms with Crippen LogP contribution in [0.25, 0.3) is 16.9 Å². The van der Waals surface area contributed by atoms with Gasteiger partial charge in [-0.2, -0.15) is 5.10 Å². The molecule has 0 unspecified atom stereocenters. The zero-order valence-corrected chi connectivity index (χ0v) is 12.8. The van der Waals surface area contributed by atoms with Crippen LogP contribution in [0.2, 0.25) is 5.02 Å². The van der Waals surface area contributed by atoms with Crippen molar-refractivity contribution in [3.05, 3.63) is 64.1 Å². The number of nitrogens with two attached hydrogens (primary N) is 1. The number of aromatic nitrogens is 2. The first-order chi connectivity index (χ1) is 9.63. The number of hydrogen-bond donors (Lipinski definition) is 1. The molecule has 100 valence electrons. The van der Waals surface area contributed by atoms with Crippen molar-refractivity contribution in [1.82, 2.24) is 9.78 Å². The van der Waals surface area contributed by atoms with Gasteiger partial charge in [0.2, 0.25) is 0 Å². The molecule has 0 aliphatic carbocycles. The van der Waals surface area contributed by atoms with Crippen LogP contribution in [-0.2, 0) is 0 Å². The molecule has 1 aromatic heterocycles. The highest BCUT2D eigenvalue weighted by atomic mass is 79.9. The summed E-state index contributed by atoms with van der Waals surface area (Å²) in [4.78, 5) is 0. The lowest BCUT2D eigenvalue weighted by Crippen LogP contribution is -2.01. The number of benzene rings is 2. The largest absolute Gasteiger partial charge is 0.384 e. The molecule has 1 heterocycles. The van der Waals surface area contributed by atoms with Crippen molar-refractivity contribution in [3.63, 3.8) is 0 Å². The second-order valence-corrected chi connectivity index (χ2v) is 5.70. The van der Waals surface area contributed by atoms with Crippen LogP contribution < -0.4 is 5.73 Å². The minimum atomic E-state index is 0.595. The Balaban J connectivity index is 2.02. The van der Waals surface area contributed by atoms with Crippen LogP contribution in [-0.4, -0.2) is 9.78 Å². The zero-order valence-electron chi connectivity index (χ0n) is 10.4. The Bertz CT molecular complexity index is 733. The smallest absolute Gasteiger partial charge is 0.127 e. The number of halogens is 2. The lowest BCUT2D eigenvalue weighted by atomic mass is 10.1. The highest BCUT2D eigenvalue weighted by Crippen LogP contribution is 2.24. The highest BCUT2D eigenvalue weighted by molar-refractivity contribution is 9.10. The maximum absolute atomic E-state index is 6.04. The number of nitrogens with zero attached hydrogens (tertiary/aromatic N) is 2. The van der Waals surface area contributed by atoms with Crippen LogP contribution in [0.4, 0.5) is 5.82 Å². The molecule has 3 rings (SSSR count). The summed E-state index contributed by atoms with van der Waals surface area (Å²) in [7, 11) is 0. The van der Waals surface area contributed by atoms with E-state index in [2.05, 4.69) is 21.0 Å². The summed E-state index contributed by atoms with van der Waals surface area (Å²) in [6.07, 6.45) is 0. The average Bonchev–Trinajstić information content (AvgIpc) is 2.82. The fraction of sp³-hybridized carbons (Fsp3) is 0. The van der Waals surface area contributed by atoms with Crippen molar-refractivity contribution in [2.45, 2.75) is 0 Å². The van der Waals surface area contributed by atoms with E-state index in [0.29, 0.717) is 10.8 Å². The Kier molecular flexibility index (Phi) is 3.51. The van der Waals surface area contributed by atoms with E-state index in [1.807, 2.05) is 54.6 Å². The first-order valence-electron chi connectivity index (χ1n) is 6.01. The monoisotopic (exact) mass is 347 g/mol. The predicted octanol–water partition coefficient (Wildman–Crippen LogP) is 4.54. The van der Waals surface area contributed by atoms with E-state index in [4.69, 9.17) is 17.3 Å². The van der Waals surface area contributed by atoms with E-state index in [0.717, 1.165) is 21.4 Å². The topological polar surface area (TPSA) is 43.8 Å². The van der Waals surface area contributed by atoms with Gasteiger partial charge in [-0.25, -0.2) is 4.68 Å². The Morgan fingerprint density at radius 2 is 1.65 bits per heavy atom. The summed E-state index contributed by atoms with van der Waals surface area (Å²) in [5.41, 5.74) is 8.77. The minimum Gasteiger partial charge on any atom is -0.384 e. The second-order valence-electron chi connectivity index (χ2n) is 4.35. The van der Waals surface area contributed by atoms with Crippen molar-refractivity contribution < 1.29 is 0 Å². The third-order valence-electron chi connectivity index (χ3n) is 2.95. The first-order valence-corrected chi connectivity index (χ1v) is 7.18. The summed E-state index contributed by atoms with van der Waals surface area (Å²) in [5, 5.41) is 5.25. The van der Waals surface area contributed by atoms with Crippen LogP contribution in [0, 0.1) is 0 Å². The molecule has 3 nitrogen and oxygen atoms in total. The quantitative estimate of drug-likeness (QED) is 0.739. The molecular weight excluding hydrogens is 338 g/mol. The highest BCUT2D eigenvalue weighted by Gasteiger charge is 2.08. The third-order valence-corrected chi connectivity index (χ3v) is 3.73. The van der Waals surface area contributed by atoms with Gasteiger partial charge in [-0.05, 0) is 36.4 Å². The van der Waals surface area contributed by atoms with Gasteiger partial charge in [0.1, 0.15) is 5.82 Å². The molecule has 20 heavy (non-hydrogen) atoms. The van der Waals surface area contributed by atoms with Crippen molar-refractivity contribution >= 4 is 33.3 Å². The third kappa shape index (κ3) is 2.57. The maximum atomic E-state index is 6.04. The predicted molar refractivity (Wildman–Crippen MR) is 86.1 cm³/mol. The van der Waals surface area contributed by atoms with E-state index in [1.54, 1.807) is 4.68 Å². The number of nitrogen functional groups attached to an aromatic ring is 1. The van der Waals surface area contributed by atoms with Gasteiger partial charge < -0.3 is 5.73 Å². The SMILES string of the molecule is Nc1cc(-c2ccc(Cl)cc2)nn1-c1ccc(Br)cc1. The lowest BCUT2D eigenvalue weighted by molar-refractivity contribution is 0.895. The first kappa shape index (κ1) is 13.2. The molecule has 0 saturated heterocycles. The maximum Gasteiger partial charge on any atom is 0.127 e. The summed E-state index contributed by atoms with van der Waals surface area (Å²) in [6.45, 7) is 0. The molecule has 0 saturated carbocycles. The van der Waals surface area contributed by atoms with Crippen LogP contribution in [0.15, 0.2) is 59.1 Å². The van der Waals surface area contributed by atoms with Crippen LogP contribution in [0.3, 0.4) is 0 Å². The molecule has 0 radical (unpaired) electrons. The van der Waals surface area contributed by atoms with Crippen molar-refractivity contribution in [3.8, 4) is 16.9 Å². The molecule has 2 aromatic carbocycles. The lowest BCUT2D eigenvalue weighted by Gasteiger charge is -2.03. The van der Waals surface area contributed by atoms with Crippen molar-refractivity contribution in [1.29, 1.82) is 0 Å². The molecule has 0 spiro atoms. The van der Waals surface area contributed by atoms with Gasteiger partial charge in [-0.1, -0.05) is 39.7 Å². The fourth-order valence-corrected chi connectivity index (χ4v) is 2.34. The molecular formula is C15H11BrClN3. The standard InChI is InChI=1S/C15H11BrClN3/c16-11-3-7-13(8-4-11)20-15(18)9-14(19-20)10-1-5-12(17)6-2-10/h1-9H,18H2. The molecule has 0 aliphatic rings. The van der Waals surface area contributed by atoms with Gasteiger partial charge >= 0.3 is 0 Å². The number of rotatable bonds is 2. The summed E-state index contributed by atoms with van der Waals surface area (Å²) >= 11 is 9.30. The van der Waals surface area contributed by atoms with Gasteiger partial charge in [0.25, 0.3) is 0 Å². The molecule has 0 atom stereocenters. The number of anilines is 1.